The monoisotopic (exact) mass is 270 g/mol. The molecule has 0 aromatic rings. The Morgan fingerprint density at radius 3 is 2.05 bits per heavy atom. The molecule has 1 unspecified atom stereocenters. The maximum absolute atomic E-state index is 11.8. The summed E-state index contributed by atoms with van der Waals surface area (Å²) in [4.78, 5) is 16.7. The molecular weight excluding hydrogens is 240 g/mol. The smallest absolute Gasteiger partial charge is 0.221 e. The van der Waals surface area contributed by atoms with Crippen LogP contribution in [0, 0.1) is 0 Å². The molecule has 5 nitrogen and oxygen atoms in total. The third-order valence-corrected chi connectivity index (χ3v) is 3.74. The zero-order valence-corrected chi connectivity index (χ0v) is 12.9. The van der Waals surface area contributed by atoms with Gasteiger partial charge in [0.15, 0.2) is 0 Å². The van der Waals surface area contributed by atoms with Crippen molar-refractivity contribution in [3.05, 3.63) is 0 Å². The average Bonchev–Trinajstić information content (AvgIpc) is 2.35. The Bertz CT molecular complexity index is 273. The van der Waals surface area contributed by atoms with E-state index < -0.39 is 0 Å². The third-order valence-electron chi connectivity index (χ3n) is 3.74. The molecule has 0 spiro atoms. The van der Waals surface area contributed by atoms with Gasteiger partial charge in [0.05, 0.1) is 0 Å². The predicted octanol–water partition coefficient (Wildman–Crippen LogP) is 0.254. The molecule has 0 saturated carbocycles. The van der Waals surface area contributed by atoms with Crippen LogP contribution in [0.3, 0.4) is 0 Å². The Balaban J connectivity index is 2.42. The van der Waals surface area contributed by atoms with Crippen molar-refractivity contribution in [2.24, 2.45) is 5.73 Å². The number of hydrogen-bond acceptors (Lipinski definition) is 4. The molecule has 1 atom stereocenters. The number of carbonyl (C=O) groups is 1. The van der Waals surface area contributed by atoms with E-state index in [0.29, 0.717) is 19.0 Å². The number of carbonyl (C=O) groups excluding carboxylic acids is 1. The third kappa shape index (κ3) is 5.47. The van der Waals surface area contributed by atoms with E-state index in [0.717, 1.165) is 26.2 Å². The zero-order chi connectivity index (χ0) is 14.4. The molecule has 1 fully saturated rings. The Kier molecular flexibility index (Phi) is 6.75. The molecule has 1 rings (SSSR count). The molecule has 3 N–H and O–H groups in total. The molecule has 0 bridgehead atoms. The van der Waals surface area contributed by atoms with Crippen molar-refractivity contribution in [1.82, 2.24) is 15.1 Å². The Morgan fingerprint density at radius 1 is 1.11 bits per heavy atom. The number of hydrogen-bond donors (Lipinski definition) is 2. The molecule has 112 valence electrons. The van der Waals surface area contributed by atoms with Crippen molar-refractivity contribution in [2.45, 2.75) is 52.2 Å². The summed E-state index contributed by atoms with van der Waals surface area (Å²) in [5, 5.41) is 2.94. The van der Waals surface area contributed by atoms with Crippen LogP contribution in [0.5, 0.6) is 0 Å². The number of nitrogens with one attached hydrogen (secondary N) is 1. The van der Waals surface area contributed by atoms with Gasteiger partial charge in [0, 0.05) is 57.3 Å². The summed E-state index contributed by atoms with van der Waals surface area (Å²) in [6.07, 6.45) is 0.510. The Hall–Kier alpha value is -0.650. The lowest BCUT2D eigenvalue weighted by atomic mass is 10.1. The summed E-state index contributed by atoms with van der Waals surface area (Å²) < 4.78 is 0. The van der Waals surface area contributed by atoms with Crippen LogP contribution < -0.4 is 11.1 Å². The van der Waals surface area contributed by atoms with Gasteiger partial charge < -0.3 is 11.1 Å². The van der Waals surface area contributed by atoms with Crippen LogP contribution in [0.1, 0.15) is 34.1 Å². The van der Waals surface area contributed by atoms with E-state index in [1.807, 2.05) is 13.8 Å². The van der Waals surface area contributed by atoms with Crippen LogP contribution in [0.25, 0.3) is 0 Å². The molecule has 19 heavy (non-hydrogen) atoms. The van der Waals surface area contributed by atoms with Gasteiger partial charge in [0.2, 0.25) is 5.91 Å². The minimum Gasteiger partial charge on any atom is -0.354 e. The van der Waals surface area contributed by atoms with E-state index >= 15 is 0 Å². The predicted molar refractivity (Wildman–Crippen MR) is 79.0 cm³/mol. The van der Waals surface area contributed by atoms with Crippen molar-refractivity contribution in [2.75, 3.05) is 32.7 Å². The maximum Gasteiger partial charge on any atom is 0.221 e. The molecule has 1 heterocycles. The van der Waals surface area contributed by atoms with E-state index in [-0.39, 0.29) is 18.0 Å². The molecule has 0 aromatic heterocycles. The van der Waals surface area contributed by atoms with Gasteiger partial charge in [-0.05, 0) is 27.7 Å². The van der Waals surface area contributed by atoms with E-state index in [1.54, 1.807) is 0 Å². The average molecular weight is 270 g/mol. The van der Waals surface area contributed by atoms with Gasteiger partial charge in [0.25, 0.3) is 0 Å². The van der Waals surface area contributed by atoms with Crippen molar-refractivity contribution in [3.63, 3.8) is 0 Å². The lowest BCUT2D eigenvalue weighted by molar-refractivity contribution is -0.123. The standard InChI is InChI=1S/C14H30N4O/c1-11(2)16-14(19)9-13(10-15)18-7-5-17(6-8-18)12(3)4/h11-13H,5-10,15H2,1-4H3,(H,16,19). The molecule has 1 amide bonds. The fourth-order valence-electron chi connectivity index (χ4n) is 2.58. The van der Waals surface area contributed by atoms with Gasteiger partial charge >= 0.3 is 0 Å². The molecule has 1 aliphatic rings. The number of nitrogens with zero attached hydrogens (tertiary/aromatic N) is 2. The van der Waals surface area contributed by atoms with Gasteiger partial charge in [-0.3, -0.25) is 14.6 Å². The normalized spacial score (nSPS) is 19.9. The number of rotatable bonds is 6. The minimum absolute atomic E-state index is 0.108. The first kappa shape index (κ1) is 16.4. The maximum atomic E-state index is 11.8. The summed E-state index contributed by atoms with van der Waals surface area (Å²) in [6, 6.07) is 0.972. The highest BCUT2D eigenvalue weighted by Crippen LogP contribution is 2.11. The number of nitrogens with two attached hydrogens (primary N) is 1. The largest absolute Gasteiger partial charge is 0.354 e. The first-order valence-corrected chi connectivity index (χ1v) is 7.41. The lowest BCUT2D eigenvalue weighted by Crippen LogP contribution is -2.54. The molecule has 0 radical (unpaired) electrons. The summed E-state index contributed by atoms with van der Waals surface area (Å²) in [6.45, 7) is 13.1. The van der Waals surface area contributed by atoms with Crippen LogP contribution in [0.2, 0.25) is 0 Å². The highest BCUT2D eigenvalue weighted by atomic mass is 16.1. The summed E-state index contributed by atoms with van der Waals surface area (Å²) >= 11 is 0. The second-order valence-electron chi connectivity index (χ2n) is 5.98. The Morgan fingerprint density at radius 2 is 1.63 bits per heavy atom. The Labute approximate surface area is 117 Å². The summed E-state index contributed by atoms with van der Waals surface area (Å²) in [5.74, 6) is 0.108. The van der Waals surface area contributed by atoms with Crippen molar-refractivity contribution >= 4 is 5.91 Å². The van der Waals surface area contributed by atoms with Crippen LogP contribution in [-0.2, 0) is 4.79 Å². The van der Waals surface area contributed by atoms with Crippen LogP contribution in [-0.4, -0.2) is 66.6 Å². The number of piperazine rings is 1. The van der Waals surface area contributed by atoms with Crippen LogP contribution >= 0.6 is 0 Å². The highest BCUT2D eigenvalue weighted by Gasteiger charge is 2.25. The summed E-state index contributed by atoms with van der Waals surface area (Å²) in [5.41, 5.74) is 5.84. The topological polar surface area (TPSA) is 61.6 Å². The fraction of sp³-hybridized carbons (Fsp3) is 0.929. The van der Waals surface area contributed by atoms with Gasteiger partial charge in [-0.25, -0.2) is 0 Å². The van der Waals surface area contributed by atoms with Gasteiger partial charge in [-0.1, -0.05) is 0 Å². The molecule has 0 aliphatic carbocycles. The van der Waals surface area contributed by atoms with E-state index in [9.17, 15) is 4.79 Å². The van der Waals surface area contributed by atoms with Crippen LogP contribution in [0.4, 0.5) is 0 Å². The second kappa shape index (κ2) is 7.82. The summed E-state index contributed by atoms with van der Waals surface area (Å²) in [7, 11) is 0. The lowest BCUT2D eigenvalue weighted by Gasteiger charge is -2.40. The quantitative estimate of drug-likeness (QED) is 0.726. The molecule has 5 heteroatoms. The molecule has 1 saturated heterocycles. The van der Waals surface area contributed by atoms with Crippen molar-refractivity contribution in [3.8, 4) is 0 Å². The molecular formula is C14H30N4O. The first-order chi connectivity index (χ1) is 8.93. The minimum atomic E-state index is 0.108. The highest BCUT2D eigenvalue weighted by molar-refractivity contribution is 5.76. The van der Waals surface area contributed by atoms with E-state index in [1.165, 1.54) is 0 Å². The van der Waals surface area contributed by atoms with Gasteiger partial charge in [-0.2, -0.15) is 0 Å². The fourth-order valence-corrected chi connectivity index (χ4v) is 2.58. The second-order valence-corrected chi connectivity index (χ2v) is 5.98. The first-order valence-electron chi connectivity index (χ1n) is 7.41. The van der Waals surface area contributed by atoms with Crippen molar-refractivity contribution in [1.29, 1.82) is 0 Å². The van der Waals surface area contributed by atoms with Gasteiger partial charge in [0.1, 0.15) is 0 Å². The number of amides is 1. The van der Waals surface area contributed by atoms with Crippen molar-refractivity contribution < 1.29 is 4.79 Å². The SMILES string of the molecule is CC(C)NC(=O)CC(CN)N1CCN(C(C)C)CC1. The molecule has 0 aromatic carbocycles. The zero-order valence-electron chi connectivity index (χ0n) is 12.9. The molecule has 1 aliphatic heterocycles. The van der Waals surface area contributed by atoms with Gasteiger partial charge in [-0.15, -0.1) is 0 Å². The van der Waals surface area contributed by atoms with Crippen LogP contribution in [0.15, 0.2) is 0 Å². The van der Waals surface area contributed by atoms with E-state index in [2.05, 4.69) is 29.0 Å². The van der Waals surface area contributed by atoms with E-state index in [4.69, 9.17) is 5.73 Å².